The van der Waals surface area contributed by atoms with Crippen molar-refractivity contribution in [2.75, 3.05) is 31.6 Å². The van der Waals surface area contributed by atoms with E-state index in [2.05, 4.69) is 27.0 Å². The third kappa shape index (κ3) is 3.17. The molecule has 4 nitrogen and oxygen atoms in total. The lowest BCUT2D eigenvalue weighted by Gasteiger charge is -2.48. The topological polar surface area (TPSA) is 31.4 Å². The molecule has 0 aromatic carbocycles. The molecular formula is C16H25ClN4. The summed E-state index contributed by atoms with van der Waals surface area (Å²) >= 11 is 6.49. The molecule has 3 rings (SSSR count). The Hall–Kier alpha value is -0.840. The van der Waals surface area contributed by atoms with Crippen LogP contribution in [0.1, 0.15) is 31.7 Å². The van der Waals surface area contributed by atoms with E-state index in [1.165, 1.54) is 25.8 Å². The van der Waals surface area contributed by atoms with Gasteiger partial charge in [0, 0.05) is 37.9 Å². The SMILES string of the molecule is CNCc1cnc(N2CC3CCCCN3CC2C)c(Cl)c1. The molecule has 2 fully saturated rings. The smallest absolute Gasteiger partial charge is 0.147 e. The quantitative estimate of drug-likeness (QED) is 0.930. The number of nitrogens with zero attached hydrogens (tertiary/aromatic N) is 3. The first-order valence-electron chi connectivity index (χ1n) is 7.98. The van der Waals surface area contributed by atoms with Crippen LogP contribution in [0.2, 0.25) is 5.02 Å². The van der Waals surface area contributed by atoms with Crippen LogP contribution in [-0.2, 0) is 6.54 Å². The highest BCUT2D eigenvalue weighted by atomic mass is 35.5. The lowest BCUT2D eigenvalue weighted by molar-refractivity contribution is 0.115. The van der Waals surface area contributed by atoms with E-state index in [9.17, 15) is 0 Å². The maximum Gasteiger partial charge on any atom is 0.147 e. The van der Waals surface area contributed by atoms with Crippen molar-refractivity contribution in [2.24, 2.45) is 0 Å². The van der Waals surface area contributed by atoms with Gasteiger partial charge in [-0.2, -0.15) is 0 Å². The van der Waals surface area contributed by atoms with E-state index in [0.717, 1.165) is 36.0 Å². The van der Waals surface area contributed by atoms with E-state index in [0.29, 0.717) is 12.1 Å². The lowest BCUT2D eigenvalue weighted by atomic mass is 9.97. The molecule has 2 saturated heterocycles. The molecule has 0 spiro atoms. The van der Waals surface area contributed by atoms with Gasteiger partial charge in [-0.1, -0.05) is 18.0 Å². The molecule has 0 radical (unpaired) electrons. The normalized spacial score (nSPS) is 26.7. The molecule has 21 heavy (non-hydrogen) atoms. The summed E-state index contributed by atoms with van der Waals surface area (Å²) < 4.78 is 0. The average molecular weight is 309 g/mol. The van der Waals surface area contributed by atoms with Crippen LogP contribution in [0, 0.1) is 0 Å². The van der Waals surface area contributed by atoms with E-state index in [1.54, 1.807) is 0 Å². The first-order chi connectivity index (χ1) is 10.2. The molecule has 0 aliphatic carbocycles. The van der Waals surface area contributed by atoms with Crippen molar-refractivity contribution in [3.63, 3.8) is 0 Å². The van der Waals surface area contributed by atoms with E-state index >= 15 is 0 Å². The van der Waals surface area contributed by atoms with Crippen molar-refractivity contribution in [2.45, 2.75) is 44.8 Å². The Morgan fingerprint density at radius 1 is 1.38 bits per heavy atom. The zero-order valence-corrected chi connectivity index (χ0v) is 13.7. The minimum Gasteiger partial charge on any atom is -0.350 e. The molecule has 1 N–H and O–H groups in total. The number of anilines is 1. The molecule has 2 unspecified atom stereocenters. The average Bonchev–Trinajstić information content (AvgIpc) is 2.47. The minimum atomic E-state index is 0.472. The number of fused-ring (bicyclic) bond motifs is 1. The Labute approximate surface area is 132 Å². The second kappa shape index (κ2) is 6.51. The van der Waals surface area contributed by atoms with Crippen molar-refractivity contribution in [1.29, 1.82) is 0 Å². The van der Waals surface area contributed by atoms with Crippen molar-refractivity contribution >= 4 is 17.4 Å². The van der Waals surface area contributed by atoms with Crippen LogP contribution in [0.3, 0.4) is 0 Å². The fourth-order valence-electron chi connectivity index (χ4n) is 3.63. The molecule has 2 aliphatic heterocycles. The Morgan fingerprint density at radius 2 is 2.24 bits per heavy atom. The molecule has 0 bridgehead atoms. The molecule has 1 aromatic heterocycles. The molecule has 5 heteroatoms. The number of pyridine rings is 1. The Morgan fingerprint density at radius 3 is 3.00 bits per heavy atom. The van der Waals surface area contributed by atoms with Crippen LogP contribution in [0.25, 0.3) is 0 Å². The van der Waals surface area contributed by atoms with Crippen LogP contribution in [0.5, 0.6) is 0 Å². The minimum absolute atomic E-state index is 0.472. The van der Waals surface area contributed by atoms with E-state index in [4.69, 9.17) is 11.6 Å². The highest BCUT2D eigenvalue weighted by Gasteiger charge is 2.34. The number of piperazine rings is 1. The molecule has 0 saturated carbocycles. The number of rotatable bonds is 3. The summed E-state index contributed by atoms with van der Waals surface area (Å²) in [5.74, 6) is 0.953. The largest absolute Gasteiger partial charge is 0.350 e. The fourth-order valence-corrected chi connectivity index (χ4v) is 3.93. The summed E-state index contributed by atoms with van der Waals surface area (Å²) in [5, 5.41) is 3.91. The zero-order valence-electron chi connectivity index (χ0n) is 13.0. The lowest BCUT2D eigenvalue weighted by Crippen LogP contribution is -2.59. The summed E-state index contributed by atoms with van der Waals surface area (Å²) in [6.45, 7) is 6.52. The van der Waals surface area contributed by atoms with Crippen LogP contribution in [0.15, 0.2) is 12.3 Å². The third-order valence-electron chi connectivity index (χ3n) is 4.72. The summed E-state index contributed by atoms with van der Waals surface area (Å²) in [7, 11) is 1.94. The van der Waals surface area contributed by atoms with Gasteiger partial charge < -0.3 is 10.2 Å². The standard InChI is InChI=1S/C16H25ClN4/c1-12-10-20-6-4-3-5-14(20)11-21(12)16-15(17)7-13(8-18-2)9-19-16/h7,9,12,14,18H,3-6,8,10-11H2,1-2H3. The Balaban J connectivity index is 1.79. The highest BCUT2D eigenvalue weighted by Crippen LogP contribution is 2.31. The van der Waals surface area contributed by atoms with Gasteiger partial charge >= 0.3 is 0 Å². The molecule has 1 aromatic rings. The number of hydrogen-bond donors (Lipinski definition) is 1. The van der Waals surface area contributed by atoms with Gasteiger partial charge in [-0.15, -0.1) is 0 Å². The number of halogens is 1. The van der Waals surface area contributed by atoms with Crippen molar-refractivity contribution in [3.05, 3.63) is 22.8 Å². The predicted octanol–water partition coefficient (Wildman–Crippen LogP) is 2.52. The van der Waals surface area contributed by atoms with Gasteiger partial charge in [-0.25, -0.2) is 4.98 Å². The molecule has 2 atom stereocenters. The van der Waals surface area contributed by atoms with Crippen LogP contribution >= 0.6 is 11.6 Å². The van der Waals surface area contributed by atoms with Gasteiger partial charge in [0.15, 0.2) is 0 Å². The van der Waals surface area contributed by atoms with Gasteiger partial charge in [-0.05, 0) is 45.0 Å². The molecule has 2 aliphatic rings. The molecule has 3 heterocycles. The fraction of sp³-hybridized carbons (Fsp3) is 0.688. The van der Waals surface area contributed by atoms with Gasteiger partial charge in [-0.3, -0.25) is 4.90 Å². The molecule has 0 amide bonds. The maximum absolute atomic E-state index is 6.49. The van der Waals surface area contributed by atoms with Gasteiger partial charge in [0.25, 0.3) is 0 Å². The Kier molecular flexibility index (Phi) is 4.67. The monoisotopic (exact) mass is 308 g/mol. The van der Waals surface area contributed by atoms with E-state index < -0.39 is 0 Å². The van der Waals surface area contributed by atoms with Crippen molar-refractivity contribution in [1.82, 2.24) is 15.2 Å². The number of nitrogens with one attached hydrogen (secondary N) is 1. The predicted molar refractivity (Wildman–Crippen MR) is 88.0 cm³/mol. The third-order valence-corrected chi connectivity index (χ3v) is 5.00. The van der Waals surface area contributed by atoms with E-state index in [1.807, 2.05) is 19.3 Å². The number of hydrogen-bond acceptors (Lipinski definition) is 4. The summed E-state index contributed by atoms with van der Waals surface area (Å²) in [4.78, 5) is 9.69. The van der Waals surface area contributed by atoms with Gasteiger partial charge in [0.2, 0.25) is 0 Å². The summed E-state index contributed by atoms with van der Waals surface area (Å²) in [6.07, 6.45) is 5.95. The van der Waals surface area contributed by atoms with Gasteiger partial charge in [0.1, 0.15) is 5.82 Å². The van der Waals surface area contributed by atoms with Gasteiger partial charge in [0.05, 0.1) is 5.02 Å². The first kappa shape index (κ1) is 15.1. The van der Waals surface area contributed by atoms with Crippen molar-refractivity contribution in [3.8, 4) is 0 Å². The highest BCUT2D eigenvalue weighted by molar-refractivity contribution is 6.33. The first-order valence-corrected chi connectivity index (χ1v) is 8.36. The zero-order chi connectivity index (χ0) is 14.8. The number of aromatic nitrogens is 1. The molecule has 116 valence electrons. The van der Waals surface area contributed by atoms with Crippen LogP contribution in [-0.4, -0.2) is 48.6 Å². The van der Waals surface area contributed by atoms with Crippen molar-refractivity contribution < 1.29 is 0 Å². The second-order valence-electron chi connectivity index (χ2n) is 6.33. The maximum atomic E-state index is 6.49. The number of piperidine rings is 1. The summed E-state index contributed by atoms with van der Waals surface area (Å²) in [6, 6.07) is 3.18. The Bertz CT molecular complexity index is 493. The van der Waals surface area contributed by atoms with Crippen LogP contribution < -0.4 is 10.2 Å². The summed E-state index contributed by atoms with van der Waals surface area (Å²) in [5.41, 5.74) is 1.13. The van der Waals surface area contributed by atoms with Crippen LogP contribution in [0.4, 0.5) is 5.82 Å². The second-order valence-corrected chi connectivity index (χ2v) is 6.73. The molecular weight excluding hydrogens is 284 g/mol. The van der Waals surface area contributed by atoms with E-state index in [-0.39, 0.29) is 0 Å².